The number of aromatic nitrogens is 2. The lowest BCUT2D eigenvalue weighted by Gasteiger charge is -2.12. The van der Waals surface area contributed by atoms with Gasteiger partial charge in [-0.1, -0.05) is 0 Å². The smallest absolute Gasteiger partial charge is 0.191 e. The minimum atomic E-state index is 0. The van der Waals surface area contributed by atoms with Crippen LogP contribution in [-0.2, 0) is 24.6 Å². The third-order valence-electron chi connectivity index (χ3n) is 3.41. The van der Waals surface area contributed by atoms with E-state index in [1.807, 2.05) is 36.1 Å². The quantitative estimate of drug-likeness (QED) is 0.264. The van der Waals surface area contributed by atoms with Crippen LogP contribution in [0, 0.1) is 0 Å². The maximum Gasteiger partial charge on any atom is 0.191 e. The molecule has 2 aromatic rings. The number of nitrogens with one attached hydrogen (secondary N) is 2. The zero-order chi connectivity index (χ0) is 16.3. The number of hydrogen-bond donors (Lipinski definition) is 2. The van der Waals surface area contributed by atoms with Gasteiger partial charge in [0.25, 0.3) is 0 Å². The molecule has 0 aliphatic heterocycles. The van der Waals surface area contributed by atoms with Gasteiger partial charge in [0.05, 0.1) is 19.4 Å². The largest absolute Gasteiger partial charge is 0.469 e. The summed E-state index contributed by atoms with van der Waals surface area (Å²) in [4.78, 5) is 4.49. The molecule has 0 aromatic carbocycles. The van der Waals surface area contributed by atoms with E-state index in [-0.39, 0.29) is 24.0 Å². The van der Waals surface area contributed by atoms with Gasteiger partial charge in [0.15, 0.2) is 5.96 Å². The molecule has 0 spiro atoms. The van der Waals surface area contributed by atoms with Crippen molar-refractivity contribution in [3.8, 4) is 0 Å². The highest BCUT2D eigenvalue weighted by Gasteiger charge is 2.02. The molecule has 0 fully saturated rings. The predicted octanol–water partition coefficient (Wildman–Crippen LogP) is 1.60. The van der Waals surface area contributed by atoms with Crippen molar-refractivity contribution in [2.24, 2.45) is 12.0 Å². The molecule has 2 N–H and O–H groups in total. The van der Waals surface area contributed by atoms with Crippen LogP contribution in [0.4, 0.5) is 0 Å². The molecular formula is C16H26IN5O2. The van der Waals surface area contributed by atoms with Gasteiger partial charge in [-0.05, 0) is 18.2 Å². The van der Waals surface area contributed by atoms with E-state index in [1.165, 1.54) is 5.69 Å². The number of ether oxygens (including phenoxy) is 1. The normalized spacial score (nSPS) is 11.2. The van der Waals surface area contributed by atoms with Gasteiger partial charge in [0, 0.05) is 52.0 Å². The topological polar surface area (TPSA) is 76.6 Å². The highest BCUT2D eigenvalue weighted by molar-refractivity contribution is 14.0. The number of guanidine groups is 1. The van der Waals surface area contributed by atoms with Crippen molar-refractivity contribution < 1.29 is 9.15 Å². The molecule has 0 bridgehead atoms. The van der Waals surface area contributed by atoms with Crippen LogP contribution in [0.25, 0.3) is 0 Å². The molecule has 0 aliphatic rings. The van der Waals surface area contributed by atoms with Crippen LogP contribution in [0.2, 0.25) is 0 Å². The number of furan rings is 1. The Balaban J connectivity index is 0.00000288. The second-order valence-electron chi connectivity index (χ2n) is 5.10. The van der Waals surface area contributed by atoms with Crippen molar-refractivity contribution in [1.82, 2.24) is 20.4 Å². The zero-order valence-electron chi connectivity index (χ0n) is 14.2. The first kappa shape index (κ1) is 20.5. The van der Waals surface area contributed by atoms with Gasteiger partial charge in [0.1, 0.15) is 5.76 Å². The van der Waals surface area contributed by atoms with E-state index >= 15 is 0 Å². The van der Waals surface area contributed by atoms with Crippen LogP contribution in [0.15, 0.2) is 40.1 Å². The summed E-state index contributed by atoms with van der Waals surface area (Å²) in [6.45, 7) is 2.78. The van der Waals surface area contributed by atoms with Gasteiger partial charge in [-0.3, -0.25) is 9.67 Å². The Bertz CT molecular complexity index is 583. The SMILES string of the molecule is COCCN=C(NCCc1ccco1)NCCc1ccnn1C.I. The average molecular weight is 447 g/mol. The van der Waals surface area contributed by atoms with Crippen molar-refractivity contribution in [3.63, 3.8) is 0 Å². The summed E-state index contributed by atoms with van der Waals surface area (Å²) in [5.41, 5.74) is 1.18. The highest BCUT2D eigenvalue weighted by atomic mass is 127. The summed E-state index contributed by atoms with van der Waals surface area (Å²) >= 11 is 0. The number of nitrogens with zero attached hydrogens (tertiary/aromatic N) is 3. The summed E-state index contributed by atoms with van der Waals surface area (Å²) in [7, 11) is 3.62. The molecule has 8 heteroatoms. The molecule has 24 heavy (non-hydrogen) atoms. The Kier molecular flexibility index (Phi) is 10.2. The van der Waals surface area contributed by atoms with Crippen molar-refractivity contribution in [1.29, 1.82) is 0 Å². The molecule has 7 nitrogen and oxygen atoms in total. The van der Waals surface area contributed by atoms with Crippen LogP contribution in [0.1, 0.15) is 11.5 Å². The van der Waals surface area contributed by atoms with Crippen LogP contribution in [0.3, 0.4) is 0 Å². The second kappa shape index (κ2) is 11.9. The van der Waals surface area contributed by atoms with Crippen molar-refractivity contribution >= 4 is 29.9 Å². The number of methoxy groups -OCH3 is 1. The number of aryl methyl sites for hydroxylation is 1. The monoisotopic (exact) mass is 447 g/mol. The van der Waals surface area contributed by atoms with E-state index < -0.39 is 0 Å². The predicted molar refractivity (Wildman–Crippen MR) is 105 cm³/mol. The van der Waals surface area contributed by atoms with Gasteiger partial charge in [0.2, 0.25) is 0 Å². The first-order valence-corrected chi connectivity index (χ1v) is 7.80. The molecule has 0 saturated heterocycles. The number of rotatable bonds is 9. The first-order chi connectivity index (χ1) is 11.3. The van der Waals surface area contributed by atoms with E-state index in [1.54, 1.807) is 13.4 Å². The Morgan fingerprint density at radius 1 is 1.29 bits per heavy atom. The molecule has 0 radical (unpaired) electrons. The molecule has 2 aromatic heterocycles. The number of halogens is 1. The van der Waals surface area contributed by atoms with Gasteiger partial charge in [-0.25, -0.2) is 0 Å². The van der Waals surface area contributed by atoms with E-state index in [4.69, 9.17) is 9.15 Å². The van der Waals surface area contributed by atoms with E-state index in [0.717, 1.165) is 37.7 Å². The van der Waals surface area contributed by atoms with E-state index in [9.17, 15) is 0 Å². The molecular weight excluding hydrogens is 421 g/mol. The van der Waals surface area contributed by atoms with Crippen molar-refractivity contribution in [2.75, 3.05) is 33.4 Å². The summed E-state index contributed by atoms with van der Waals surface area (Å²) in [5, 5.41) is 10.8. The Morgan fingerprint density at radius 3 is 2.71 bits per heavy atom. The van der Waals surface area contributed by atoms with Crippen LogP contribution >= 0.6 is 24.0 Å². The van der Waals surface area contributed by atoms with E-state index in [2.05, 4.69) is 20.7 Å². The van der Waals surface area contributed by atoms with Gasteiger partial charge in [-0.2, -0.15) is 5.10 Å². The van der Waals surface area contributed by atoms with Gasteiger partial charge < -0.3 is 19.8 Å². The lowest BCUT2D eigenvalue weighted by molar-refractivity contribution is 0.208. The molecule has 2 heterocycles. The van der Waals surface area contributed by atoms with Crippen LogP contribution in [0.5, 0.6) is 0 Å². The number of aliphatic imine (C=N–C) groups is 1. The molecule has 0 unspecified atom stereocenters. The molecule has 2 rings (SSSR count). The van der Waals surface area contributed by atoms with Crippen LogP contribution < -0.4 is 10.6 Å². The Labute approximate surface area is 159 Å². The van der Waals surface area contributed by atoms with Gasteiger partial charge in [-0.15, -0.1) is 24.0 Å². The zero-order valence-corrected chi connectivity index (χ0v) is 16.5. The Hall–Kier alpha value is -1.55. The molecule has 134 valence electrons. The maximum absolute atomic E-state index is 5.33. The summed E-state index contributed by atoms with van der Waals surface area (Å²) in [5.74, 6) is 1.75. The van der Waals surface area contributed by atoms with E-state index in [0.29, 0.717) is 13.2 Å². The second-order valence-corrected chi connectivity index (χ2v) is 5.10. The minimum Gasteiger partial charge on any atom is -0.469 e. The summed E-state index contributed by atoms with van der Waals surface area (Å²) < 4.78 is 12.3. The molecule has 0 atom stereocenters. The fourth-order valence-electron chi connectivity index (χ4n) is 2.14. The lowest BCUT2D eigenvalue weighted by Crippen LogP contribution is -2.39. The fourth-order valence-corrected chi connectivity index (χ4v) is 2.14. The first-order valence-electron chi connectivity index (χ1n) is 7.80. The molecule has 0 aliphatic carbocycles. The standard InChI is InChI=1S/C16H25N5O2.HI/c1-21-14(6-10-20-21)5-8-17-16(19-11-13-22-2)18-9-7-15-4-3-12-23-15;/h3-4,6,10,12H,5,7-9,11,13H2,1-2H3,(H2,17,18,19);1H. The van der Waals surface area contributed by atoms with Crippen LogP contribution in [-0.4, -0.2) is 49.1 Å². The summed E-state index contributed by atoms with van der Waals surface area (Å²) in [6, 6.07) is 5.89. The lowest BCUT2D eigenvalue weighted by atomic mass is 10.3. The average Bonchev–Trinajstić information content (AvgIpc) is 3.19. The third-order valence-corrected chi connectivity index (χ3v) is 3.41. The maximum atomic E-state index is 5.33. The van der Waals surface area contributed by atoms with Crippen molar-refractivity contribution in [2.45, 2.75) is 12.8 Å². The fraction of sp³-hybridized carbons (Fsp3) is 0.500. The molecule has 0 amide bonds. The number of hydrogen-bond acceptors (Lipinski definition) is 4. The Morgan fingerprint density at radius 2 is 2.08 bits per heavy atom. The summed E-state index contributed by atoms with van der Waals surface area (Å²) in [6.07, 6.45) is 5.21. The molecule has 0 saturated carbocycles. The minimum absolute atomic E-state index is 0. The highest BCUT2D eigenvalue weighted by Crippen LogP contribution is 1.99. The van der Waals surface area contributed by atoms with Gasteiger partial charge >= 0.3 is 0 Å². The third kappa shape index (κ3) is 7.35. The van der Waals surface area contributed by atoms with Crippen molar-refractivity contribution in [3.05, 3.63) is 42.1 Å².